The maximum Gasteiger partial charge on any atom is 0.244 e. The van der Waals surface area contributed by atoms with Crippen molar-refractivity contribution in [2.75, 3.05) is 16.8 Å². The number of anilines is 2. The van der Waals surface area contributed by atoms with Crippen molar-refractivity contribution in [1.82, 2.24) is 0 Å². The molecule has 1 heterocycles. The van der Waals surface area contributed by atoms with E-state index in [2.05, 4.69) is 25.2 Å². The van der Waals surface area contributed by atoms with Crippen LogP contribution in [-0.2, 0) is 9.59 Å². The molecule has 5 heteroatoms. The summed E-state index contributed by atoms with van der Waals surface area (Å²) in [6.45, 7) is 8.30. The van der Waals surface area contributed by atoms with E-state index in [-0.39, 0.29) is 24.3 Å². The number of benzene rings is 2. The van der Waals surface area contributed by atoms with E-state index in [1.54, 1.807) is 4.90 Å². The number of carbonyl (C=O) groups is 2. The highest BCUT2D eigenvalue weighted by molar-refractivity contribution is 6.16. The molecule has 2 amide bonds. The molecule has 4 rings (SSSR count). The first-order valence-electron chi connectivity index (χ1n) is 10.7. The van der Waals surface area contributed by atoms with Crippen molar-refractivity contribution in [2.24, 2.45) is 10.9 Å². The van der Waals surface area contributed by atoms with E-state index in [1.807, 2.05) is 44.2 Å². The molecule has 30 heavy (non-hydrogen) atoms. The third-order valence-electron chi connectivity index (χ3n) is 6.18. The van der Waals surface area contributed by atoms with Crippen LogP contribution in [0.1, 0.15) is 55.7 Å². The van der Waals surface area contributed by atoms with E-state index in [4.69, 9.17) is 4.99 Å². The Morgan fingerprint density at radius 1 is 1.20 bits per heavy atom. The van der Waals surface area contributed by atoms with Gasteiger partial charge in [-0.2, -0.15) is 0 Å². The number of rotatable bonds is 4. The normalized spacial score (nSPS) is 18.0. The number of nitrogens with zero attached hydrogens (tertiary/aromatic N) is 2. The van der Waals surface area contributed by atoms with Crippen molar-refractivity contribution >= 4 is 34.6 Å². The van der Waals surface area contributed by atoms with Gasteiger partial charge in [-0.25, -0.2) is 0 Å². The molecule has 1 N–H and O–H groups in total. The lowest BCUT2D eigenvalue weighted by atomic mass is 10.0. The summed E-state index contributed by atoms with van der Waals surface area (Å²) in [5.74, 6) is -0.0469. The summed E-state index contributed by atoms with van der Waals surface area (Å²) in [6, 6.07) is 11.9. The molecule has 1 aliphatic carbocycles. The molecule has 1 fully saturated rings. The van der Waals surface area contributed by atoms with E-state index in [9.17, 15) is 9.59 Å². The molecule has 0 saturated heterocycles. The molecule has 5 nitrogen and oxygen atoms in total. The Hall–Kier alpha value is -2.95. The quantitative estimate of drug-likeness (QED) is 0.754. The first kappa shape index (κ1) is 20.3. The zero-order valence-electron chi connectivity index (χ0n) is 18.2. The average Bonchev–Trinajstić information content (AvgIpc) is 3.13. The van der Waals surface area contributed by atoms with Crippen molar-refractivity contribution in [2.45, 2.75) is 52.9 Å². The Labute approximate surface area is 178 Å². The topological polar surface area (TPSA) is 61.8 Å². The SMILES string of the molecule is Cc1cc2c(cc1C)N(CC(=O)Nc1cccc(C(C)C)c1)C(=O)C1CCCC1=N2. The third kappa shape index (κ3) is 3.89. The van der Waals surface area contributed by atoms with Crippen LogP contribution in [0.2, 0.25) is 0 Å². The van der Waals surface area contributed by atoms with Crippen LogP contribution in [0.15, 0.2) is 41.4 Å². The highest BCUT2D eigenvalue weighted by Crippen LogP contribution is 2.39. The Balaban J connectivity index is 1.63. The number of amides is 2. The lowest BCUT2D eigenvalue weighted by Gasteiger charge is -2.25. The van der Waals surface area contributed by atoms with Gasteiger partial charge in [-0.3, -0.25) is 14.6 Å². The van der Waals surface area contributed by atoms with Gasteiger partial charge in [-0.1, -0.05) is 26.0 Å². The van der Waals surface area contributed by atoms with E-state index < -0.39 is 0 Å². The predicted octanol–water partition coefficient (Wildman–Crippen LogP) is 5.28. The molecule has 0 aromatic heterocycles. The standard InChI is InChI=1S/C25H29N3O2/c1-15(2)18-7-5-8-19(13-18)26-24(29)14-28-23-12-17(4)16(3)11-22(23)27-21-10-6-9-20(21)25(28)30/h5,7-8,11-13,15,20H,6,9-10,14H2,1-4H3,(H,26,29). The fraction of sp³-hybridized carbons (Fsp3) is 0.400. The highest BCUT2D eigenvalue weighted by Gasteiger charge is 2.37. The van der Waals surface area contributed by atoms with Crippen LogP contribution >= 0.6 is 0 Å². The van der Waals surface area contributed by atoms with Crippen LogP contribution in [0.25, 0.3) is 0 Å². The van der Waals surface area contributed by atoms with Crippen LogP contribution in [-0.4, -0.2) is 24.1 Å². The molecule has 1 saturated carbocycles. The number of nitrogens with one attached hydrogen (secondary N) is 1. The maximum absolute atomic E-state index is 13.4. The summed E-state index contributed by atoms with van der Waals surface area (Å²) in [5.41, 5.74) is 6.63. The molecule has 0 radical (unpaired) electrons. The summed E-state index contributed by atoms with van der Waals surface area (Å²) in [6.07, 6.45) is 2.63. The second-order valence-electron chi connectivity index (χ2n) is 8.73. The zero-order chi connectivity index (χ0) is 21.4. The van der Waals surface area contributed by atoms with Crippen molar-refractivity contribution in [3.8, 4) is 0 Å². The summed E-state index contributed by atoms with van der Waals surface area (Å²) in [5, 5.41) is 2.97. The molecule has 1 unspecified atom stereocenters. The second-order valence-corrected chi connectivity index (χ2v) is 8.73. The van der Waals surface area contributed by atoms with Gasteiger partial charge in [0, 0.05) is 11.4 Å². The Bertz CT molecular complexity index is 1040. The van der Waals surface area contributed by atoms with E-state index in [1.165, 1.54) is 5.56 Å². The van der Waals surface area contributed by atoms with Gasteiger partial charge in [0.2, 0.25) is 11.8 Å². The van der Waals surface area contributed by atoms with Gasteiger partial charge < -0.3 is 10.2 Å². The fourth-order valence-corrected chi connectivity index (χ4v) is 4.26. The molecular weight excluding hydrogens is 374 g/mol. The minimum Gasteiger partial charge on any atom is -0.325 e. The molecule has 156 valence electrons. The average molecular weight is 404 g/mol. The number of hydrogen-bond donors (Lipinski definition) is 1. The van der Waals surface area contributed by atoms with Gasteiger partial charge in [-0.15, -0.1) is 0 Å². The molecule has 2 aromatic rings. The largest absolute Gasteiger partial charge is 0.325 e. The van der Waals surface area contributed by atoms with Crippen molar-refractivity contribution in [1.29, 1.82) is 0 Å². The van der Waals surface area contributed by atoms with Crippen LogP contribution in [0.3, 0.4) is 0 Å². The van der Waals surface area contributed by atoms with Crippen LogP contribution in [0, 0.1) is 19.8 Å². The van der Waals surface area contributed by atoms with E-state index in [0.717, 1.165) is 53.2 Å². The van der Waals surface area contributed by atoms with Crippen molar-refractivity contribution in [3.05, 3.63) is 53.1 Å². The molecule has 1 aliphatic heterocycles. The van der Waals surface area contributed by atoms with Gasteiger partial charge in [0.25, 0.3) is 0 Å². The third-order valence-corrected chi connectivity index (χ3v) is 6.18. The molecular formula is C25H29N3O2. The minimum atomic E-state index is -0.213. The van der Waals surface area contributed by atoms with Crippen LogP contribution in [0.5, 0.6) is 0 Å². The summed E-state index contributed by atoms with van der Waals surface area (Å²) >= 11 is 0. The lowest BCUT2D eigenvalue weighted by molar-refractivity contribution is -0.122. The maximum atomic E-state index is 13.4. The number of aliphatic imine (C=N–C) groups is 1. The van der Waals surface area contributed by atoms with Gasteiger partial charge in [0.05, 0.1) is 17.3 Å². The first-order valence-corrected chi connectivity index (χ1v) is 10.7. The smallest absolute Gasteiger partial charge is 0.244 e. The molecule has 2 aromatic carbocycles. The predicted molar refractivity (Wildman–Crippen MR) is 122 cm³/mol. The number of carbonyl (C=O) groups excluding carboxylic acids is 2. The number of fused-ring (bicyclic) bond motifs is 2. The van der Waals surface area contributed by atoms with E-state index >= 15 is 0 Å². The summed E-state index contributed by atoms with van der Waals surface area (Å²) in [7, 11) is 0. The molecule has 0 bridgehead atoms. The van der Waals surface area contributed by atoms with Gasteiger partial charge in [0.1, 0.15) is 6.54 Å². The Morgan fingerprint density at radius 3 is 2.73 bits per heavy atom. The monoisotopic (exact) mass is 403 g/mol. The van der Waals surface area contributed by atoms with Crippen molar-refractivity contribution < 1.29 is 9.59 Å². The molecule has 1 atom stereocenters. The van der Waals surface area contributed by atoms with Crippen molar-refractivity contribution in [3.63, 3.8) is 0 Å². The summed E-state index contributed by atoms with van der Waals surface area (Å²) in [4.78, 5) is 32.8. The zero-order valence-corrected chi connectivity index (χ0v) is 18.2. The molecule has 0 spiro atoms. The first-order chi connectivity index (χ1) is 14.3. The highest BCUT2D eigenvalue weighted by atomic mass is 16.2. The lowest BCUT2D eigenvalue weighted by Crippen LogP contribution is -2.42. The Kier molecular flexibility index (Phi) is 5.46. The number of hydrogen-bond acceptors (Lipinski definition) is 3. The van der Waals surface area contributed by atoms with Gasteiger partial charge in [0.15, 0.2) is 0 Å². The van der Waals surface area contributed by atoms with Gasteiger partial charge >= 0.3 is 0 Å². The summed E-state index contributed by atoms with van der Waals surface area (Å²) < 4.78 is 0. The Morgan fingerprint density at radius 2 is 1.97 bits per heavy atom. The molecule has 2 aliphatic rings. The fourth-order valence-electron chi connectivity index (χ4n) is 4.26. The second kappa shape index (κ2) is 8.05. The number of aryl methyl sites for hydroxylation is 2. The van der Waals surface area contributed by atoms with Crippen LogP contribution in [0.4, 0.5) is 17.1 Å². The minimum absolute atomic E-state index is 0.0143. The van der Waals surface area contributed by atoms with Crippen LogP contribution < -0.4 is 10.2 Å². The van der Waals surface area contributed by atoms with Gasteiger partial charge in [-0.05, 0) is 80.0 Å². The van der Waals surface area contributed by atoms with E-state index in [0.29, 0.717) is 5.92 Å².